The molecule has 3 heterocycles. The number of aromatic nitrogens is 2. The van der Waals surface area contributed by atoms with E-state index in [1.807, 2.05) is 30.0 Å². The average molecular weight is 397 g/mol. The summed E-state index contributed by atoms with van der Waals surface area (Å²) in [6, 6.07) is 9.07. The van der Waals surface area contributed by atoms with Crippen molar-refractivity contribution < 1.29 is 4.79 Å². The molecular weight excluding hydrogens is 364 g/mol. The van der Waals surface area contributed by atoms with E-state index in [1.165, 1.54) is 19.3 Å². The number of hydrogen-bond donors (Lipinski definition) is 0. The molecule has 4 rings (SSSR count). The van der Waals surface area contributed by atoms with E-state index in [2.05, 4.69) is 23.7 Å². The second-order valence-corrected chi connectivity index (χ2v) is 8.74. The van der Waals surface area contributed by atoms with Crippen LogP contribution in [0.1, 0.15) is 51.8 Å². The largest absolute Gasteiger partial charge is 0.341 e. The maximum absolute atomic E-state index is 13.0. The molecule has 0 spiro atoms. The van der Waals surface area contributed by atoms with Crippen LogP contribution in [0.3, 0.4) is 0 Å². The summed E-state index contributed by atoms with van der Waals surface area (Å²) in [5.74, 6) is 0.811. The fraction of sp³-hybridized carbons (Fsp3) is 0.609. The van der Waals surface area contributed by atoms with Crippen LogP contribution in [0.4, 0.5) is 0 Å². The molecule has 6 heteroatoms. The van der Waals surface area contributed by atoms with Crippen LogP contribution in [-0.4, -0.2) is 56.5 Å². The number of piperidine rings is 1. The molecule has 0 saturated carbocycles. The second kappa shape index (κ2) is 8.27. The highest BCUT2D eigenvalue weighted by Gasteiger charge is 2.36. The first-order valence-electron chi connectivity index (χ1n) is 11.0. The monoisotopic (exact) mass is 396 g/mol. The highest BCUT2D eigenvalue weighted by Crippen LogP contribution is 2.29. The first-order valence-corrected chi connectivity index (χ1v) is 11.0. The highest BCUT2D eigenvalue weighted by atomic mass is 16.2. The third kappa shape index (κ3) is 3.95. The van der Waals surface area contributed by atoms with E-state index in [4.69, 9.17) is 0 Å². The Morgan fingerprint density at radius 3 is 2.62 bits per heavy atom. The van der Waals surface area contributed by atoms with Crippen molar-refractivity contribution in [1.82, 2.24) is 19.4 Å². The maximum Gasteiger partial charge on any atom is 0.261 e. The van der Waals surface area contributed by atoms with Crippen LogP contribution in [0.15, 0.2) is 29.1 Å². The molecule has 156 valence electrons. The topological polar surface area (TPSA) is 58.4 Å². The zero-order chi connectivity index (χ0) is 20.5. The number of rotatable bonds is 4. The van der Waals surface area contributed by atoms with Gasteiger partial charge in [0.1, 0.15) is 5.82 Å². The Labute approximate surface area is 172 Å². The molecule has 1 amide bonds. The van der Waals surface area contributed by atoms with Gasteiger partial charge in [0.05, 0.1) is 10.9 Å². The first-order chi connectivity index (χ1) is 14.0. The molecule has 2 aromatic rings. The summed E-state index contributed by atoms with van der Waals surface area (Å²) in [5.41, 5.74) is 0.655. The molecule has 2 aliphatic heterocycles. The van der Waals surface area contributed by atoms with Gasteiger partial charge in [0.25, 0.3) is 5.56 Å². The van der Waals surface area contributed by atoms with Gasteiger partial charge in [0.2, 0.25) is 5.91 Å². The van der Waals surface area contributed by atoms with E-state index < -0.39 is 0 Å². The number of carbonyl (C=O) groups is 1. The second-order valence-electron chi connectivity index (χ2n) is 8.74. The van der Waals surface area contributed by atoms with Crippen molar-refractivity contribution >= 4 is 16.8 Å². The molecular formula is C23H32N4O2. The predicted octanol–water partition coefficient (Wildman–Crippen LogP) is 2.96. The minimum atomic E-state index is -0.0582. The zero-order valence-corrected chi connectivity index (χ0v) is 17.8. The number of fused-ring (bicyclic) bond motifs is 1. The average Bonchev–Trinajstić information content (AvgIpc) is 3.06. The van der Waals surface area contributed by atoms with Crippen molar-refractivity contribution in [3.05, 3.63) is 40.4 Å². The van der Waals surface area contributed by atoms with Crippen LogP contribution < -0.4 is 5.56 Å². The Balaban J connectivity index is 1.43. The summed E-state index contributed by atoms with van der Waals surface area (Å²) in [4.78, 5) is 35.0. The molecule has 0 aliphatic carbocycles. The van der Waals surface area contributed by atoms with Gasteiger partial charge in [-0.3, -0.25) is 19.1 Å². The van der Waals surface area contributed by atoms with Crippen molar-refractivity contribution in [2.75, 3.05) is 13.1 Å². The van der Waals surface area contributed by atoms with Crippen LogP contribution >= 0.6 is 0 Å². The van der Waals surface area contributed by atoms with E-state index in [0.717, 1.165) is 19.5 Å². The molecule has 0 N–H and O–H groups in total. The Morgan fingerprint density at radius 1 is 1.14 bits per heavy atom. The Hall–Kier alpha value is -2.21. The van der Waals surface area contributed by atoms with Gasteiger partial charge in [0.15, 0.2) is 0 Å². The number of amides is 1. The molecule has 29 heavy (non-hydrogen) atoms. The fourth-order valence-corrected chi connectivity index (χ4v) is 5.27. The molecule has 3 unspecified atom stereocenters. The van der Waals surface area contributed by atoms with Gasteiger partial charge in [-0.05, 0) is 58.6 Å². The molecule has 2 aliphatic rings. The maximum atomic E-state index is 13.0. The van der Waals surface area contributed by atoms with Gasteiger partial charge in [-0.2, -0.15) is 0 Å². The highest BCUT2D eigenvalue weighted by molar-refractivity contribution is 5.78. The lowest BCUT2D eigenvalue weighted by Crippen LogP contribution is -2.52. The summed E-state index contributed by atoms with van der Waals surface area (Å²) >= 11 is 0. The summed E-state index contributed by atoms with van der Waals surface area (Å²) < 4.78 is 1.65. The third-order valence-corrected chi connectivity index (χ3v) is 6.79. The van der Waals surface area contributed by atoms with Crippen molar-refractivity contribution in [1.29, 1.82) is 0 Å². The molecule has 0 bridgehead atoms. The predicted molar refractivity (Wildman–Crippen MR) is 115 cm³/mol. The number of aryl methyl sites for hydroxylation is 1. The summed E-state index contributed by atoms with van der Waals surface area (Å²) in [7, 11) is 0. The van der Waals surface area contributed by atoms with Gasteiger partial charge in [0, 0.05) is 44.2 Å². The number of benzene rings is 1. The van der Waals surface area contributed by atoms with Gasteiger partial charge in [-0.1, -0.05) is 12.1 Å². The normalized spacial score (nSPS) is 25.6. The molecule has 1 aromatic carbocycles. The number of carbonyl (C=O) groups excluding carboxylic acids is 1. The SMILES string of the molecule is Cc1nc2ccccc2c(=O)n1CCC(=O)N1CCCC(N2C(C)CCC2C)C1. The van der Waals surface area contributed by atoms with Gasteiger partial charge in [-0.25, -0.2) is 4.98 Å². The minimum Gasteiger partial charge on any atom is -0.341 e. The van der Waals surface area contributed by atoms with Crippen molar-refractivity contribution in [2.45, 2.75) is 77.5 Å². The number of nitrogens with zero attached hydrogens (tertiary/aromatic N) is 4. The van der Waals surface area contributed by atoms with Gasteiger partial charge >= 0.3 is 0 Å². The first kappa shape index (κ1) is 20.1. The van der Waals surface area contributed by atoms with E-state index in [1.54, 1.807) is 10.6 Å². The Kier molecular flexibility index (Phi) is 5.72. The van der Waals surface area contributed by atoms with Crippen LogP contribution in [-0.2, 0) is 11.3 Å². The lowest BCUT2D eigenvalue weighted by Gasteiger charge is -2.41. The summed E-state index contributed by atoms with van der Waals surface area (Å²) in [6.07, 6.45) is 5.08. The van der Waals surface area contributed by atoms with E-state index >= 15 is 0 Å². The summed E-state index contributed by atoms with van der Waals surface area (Å²) in [5, 5.41) is 0.612. The van der Waals surface area contributed by atoms with Crippen molar-refractivity contribution in [3.63, 3.8) is 0 Å². The summed E-state index contributed by atoms with van der Waals surface area (Å²) in [6.45, 7) is 8.50. The van der Waals surface area contributed by atoms with Gasteiger partial charge in [-0.15, -0.1) is 0 Å². The molecule has 3 atom stereocenters. The molecule has 1 aromatic heterocycles. The quantitative estimate of drug-likeness (QED) is 0.797. The van der Waals surface area contributed by atoms with Crippen LogP contribution in [0.25, 0.3) is 10.9 Å². The Morgan fingerprint density at radius 2 is 1.86 bits per heavy atom. The van der Waals surface area contributed by atoms with Crippen LogP contribution in [0.2, 0.25) is 0 Å². The zero-order valence-electron chi connectivity index (χ0n) is 17.8. The molecule has 2 saturated heterocycles. The number of para-hydroxylation sites is 1. The standard InChI is InChI=1S/C23H32N4O2/c1-16-10-11-17(2)27(16)19-7-6-13-25(15-19)22(28)12-14-26-18(3)24-21-9-5-4-8-20(21)23(26)29/h4-5,8-9,16-17,19H,6-7,10-15H2,1-3H3. The minimum absolute atomic E-state index is 0.0582. The molecule has 2 fully saturated rings. The lowest BCUT2D eigenvalue weighted by atomic mass is 10.0. The van der Waals surface area contributed by atoms with Crippen LogP contribution in [0, 0.1) is 6.92 Å². The third-order valence-electron chi connectivity index (χ3n) is 6.79. The number of likely N-dealkylation sites (tertiary alicyclic amines) is 2. The number of hydrogen-bond acceptors (Lipinski definition) is 4. The van der Waals surface area contributed by atoms with Crippen molar-refractivity contribution in [2.24, 2.45) is 0 Å². The smallest absolute Gasteiger partial charge is 0.261 e. The molecule has 6 nitrogen and oxygen atoms in total. The van der Waals surface area contributed by atoms with E-state index in [0.29, 0.717) is 47.8 Å². The fourth-order valence-electron chi connectivity index (χ4n) is 5.27. The lowest BCUT2D eigenvalue weighted by molar-refractivity contribution is -0.133. The van der Waals surface area contributed by atoms with Crippen molar-refractivity contribution in [3.8, 4) is 0 Å². The Bertz CT molecular complexity index is 944. The van der Waals surface area contributed by atoms with Gasteiger partial charge < -0.3 is 4.90 Å². The van der Waals surface area contributed by atoms with E-state index in [9.17, 15) is 9.59 Å². The van der Waals surface area contributed by atoms with E-state index in [-0.39, 0.29) is 11.5 Å². The molecule has 0 radical (unpaired) electrons. The van der Waals surface area contributed by atoms with Crippen LogP contribution in [0.5, 0.6) is 0 Å².